The smallest absolute Gasteiger partial charge is 0.0950 e. The number of rotatable bonds is 1. The molecule has 1 fully saturated rings. The quantitative estimate of drug-likeness (QED) is 0.775. The number of anilines is 1. The van der Waals surface area contributed by atoms with E-state index in [9.17, 15) is 0 Å². The Labute approximate surface area is 87.5 Å². The van der Waals surface area contributed by atoms with Crippen LogP contribution in [0.2, 0.25) is 4.34 Å². The zero-order valence-corrected chi connectivity index (χ0v) is 9.16. The molecule has 0 radical (unpaired) electrons. The second kappa shape index (κ2) is 3.86. The minimum Gasteiger partial charge on any atom is -0.361 e. The summed E-state index contributed by atoms with van der Waals surface area (Å²) in [4.78, 5) is 2.39. The predicted molar refractivity (Wildman–Crippen MR) is 59.0 cm³/mol. The molecule has 0 spiro atoms. The lowest BCUT2D eigenvalue weighted by atomic mass is 10.2. The first-order valence-corrected chi connectivity index (χ1v) is 5.69. The van der Waals surface area contributed by atoms with Crippen LogP contribution in [-0.2, 0) is 0 Å². The van der Waals surface area contributed by atoms with E-state index in [0.29, 0.717) is 6.04 Å². The third kappa shape index (κ3) is 2.16. The van der Waals surface area contributed by atoms with Crippen molar-refractivity contribution in [2.45, 2.75) is 13.0 Å². The number of nitrogens with zero attached hydrogens (tertiary/aromatic N) is 1. The first kappa shape index (κ1) is 9.31. The molecule has 2 rings (SSSR count). The Morgan fingerprint density at radius 3 is 3.08 bits per heavy atom. The summed E-state index contributed by atoms with van der Waals surface area (Å²) in [5.74, 6) is 0. The molecule has 0 bridgehead atoms. The van der Waals surface area contributed by atoms with Crippen molar-refractivity contribution in [2.24, 2.45) is 0 Å². The third-order valence-electron chi connectivity index (χ3n) is 2.24. The molecule has 1 aliphatic heterocycles. The van der Waals surface area contributed by atoms with Gasteiger partial charge < -0.3 is 10.2 Å². The highest BCUT2D eigenvalue weighted by Gasteiger charge is 2.16. The van der Waals surface area contributed by atoms with Gasteiger partial charge in [-0.05, 0) is 19.1 Å². The molecule has 1 atom stereocenters. The van der Waals surface area contributed by atoms with Gasteiger partial charge in [-0.15, -0.1) is 11.3 Å². The summed E-state index contributed by atoms with van der Waals surface area (Å²) < 4.78 is 0.876. The van der Waals surface area contributed by atoms with Crippen LogP contribution >= 0.6 is 22.9 Å². The monoisotopic (exact) mass is 216 g/mol. The summed E-state index contributed by atoms with van der Waals surface area (Å²) in [5, 5.41) is 4.71. The van der Waals surface area contributed by atoms with Crippen molar-refractivity contribution >= 4 is 27.9 Å². The molecule has 13 heavy (non-hydrogen) atoms. The Bertz CT molecular complexity index is 287. The maximum Gasteiger partial charge on any atom is 0.0950 e. The SMILES string of the molecule is CC1CN(c2ccc(Cl)s2)CCN1. The van der Waals surface area contributed by atoms with Gasteiger partial charge in [-0.2, -0.15) is 0 Å². The lowest BCUT2D eigenvalue weighted by Gasteiger charge is -2.32. The highest BCUT2D eigenvalue weighted by Crippen LogP contribution is 2.29. The van der Waals surface area contributed by atoms with Gasteiger partial charge in [0.1, 0.15) is 0 Å². The van der Waals surface area contributed by atoms with Crippen molar-refractivity contribution in [3.05, 3.63) is 16.5 Å². The Morgan fingerprint density at radius 1 is 1.62 bits per heavy atom. The van der Waals surface area contributed by atoms with E-state index in [-0.39, 0.29) is 0 Å². The second-order valence-electron chi connectivity index (χ2n) is 3.38. The average molecular weight is 217 g/mol. The zero-order valence-electron chi connectivity index (χ0n) is 7.59. The van der Waals surface area contributed by atoms with Crippen molar-refractivity contribution in [3.8, 4) is 0 Å². The molecular formula is C9H13ClN2S. The molecule has 0 aliphatic carbocycles. The average Bonchev–Trinajstić information content (AvgIpc) is 2.52. The van der Waals surface area contributed by atoms with Gasteiger partial charge in [-0.25, -0.2) is 0 Å². The van der Waals surface area contributed by atoms with E-state index in [1.54, 1.807) is 11.3 Å². The van der Waals surface area contributed by atoms with Gasteiger partial charge >= 0.3 is 0 Å². The number of halogens is 1. The van der Waals surface area contributed by atoms with Crippen molar-refractivity contribution in [2.75, 3.05) is 24.5 Å². The molecule has 1 aromatic rings. The fourth-order valence-corrected chi connectivity index (χ4v) is 2.67. The van der Waals surface area contributed by atoms with Crippen LogP contribution in [0.3, 0.4) is 0 Å². The number of hydrogen-bond donors (Lipinski definition) is 1. The van der Waals surface area contributed by atoms with Crippen molar-refractivity contribution in [1.29, 1.82) is 0 Å². The van der Waals surface area contributed by atoms with Crippen molar-refractivity contribution in [1.82, 2.24) is 5.32 Å². The molecular weight excluding hydrogens is 204 g/mol. The molecule has 2 nitrogen and oxygen atoms in total. The van der Waals surface area contributed by atoms with E-state index >= 15 is 0 Å². The van der Waals surface area contributed by atoms with Gasteiger partial charge in [-0.3, -0.25) is 0 Å². The maximum absolute atomic E-state index is 5.89. The molecule has 0 saturated carbocycles. The standard InChI is InChI=1S/C9H13ClN2S/c1-7-6-12(5-4-11-7)9-3-2-8(10)13-9/h2-3,7,11H,4-6H2,1H3. The van der Waals surface area contributed by atoms with E-state index in [1.165, 1.54) is 5.00 Å². The number of nitrogens with one attached hydrogen (secondary N) is 1. The van der Waals surface area contributed by atoms with E-state index < -0.39 is 0 Å². The van der Waals surface area contributed by atoms with Crippen LogP contribution in [0.4, 0.5) is 5.00 Å². The van der Waals surface area contributed by atoms with Gasteiger partial charge in [0.25, 0.3) is 0 Å². The highest BCUT2D eigenvalue weighted by molar-refractivity contribution is 7.19. The number of hydrogen-bond acceptors (Lipinski definition) is 3. The lowest BCUT2D eigenvalue weighted by Crippen LogP contribution is -2.49. The lowest BCUT2D eigenvalue weighted by molar-refractivity contribution is 0.486. The number of piperazine rings is 1. The van der Waals surface area contributed by atoms with Gasteiger partial charge in [0.05, 0.1) is 9.34 Å². The van der Waals surface area contributed by atoms with Crippen LogP contribution in [-0.4, -0.2) is 25.7 Å². The molecule has 1 unspecified atom stereocenters. The first-order valence-electron chi connectivity index (χ1n) is 4.49. The van der Waals surface area contributed by atoms with Gasteiger partial charge in [0, 0.05) is 25.7 Å². The van der Waals surface area contributed by atoms with E-state index in [4.69, 9.17) is 11.6 Å². The van der Waals surface area contributed by atoms with Gasteiger partial charge in [-0.1, -0.05) is 11.6 Å². The van der Waals surface area contributed by atoms with Crippen molar-refractivity contribution in [3.63, 3.8) is 0 Å². The summed E-state index contributed by atoms with van der Waals surface area (Å²) in [6.07, 6.45) is 0. The molecule has 1 N–H and O–H groups in total. The summed E-state index contributed by atoms with van der Waals surface area (Å²) in [6, 6.07) is 4.65. The third-order valence-corrected chi connectivity index (χ3v) is 3.53. The molecule has 72 valence electrons. The molecule has 1 aliphatic rings. The fourth-order valence-electron chi connectivity index (χ4n) is 1.61. The molecule has 0 amide bonds. The normalized spacial score (nSPS) is 23.5. The predicted octanol–water partition coefficient (Wildman–Crippen LogP) is 2.20. The summed E-state index contributed by atoms with van der Waals surface area (Å²) in [5.41, 5.74) is 0. The van der Waals surface area contributed by atoms with Gasteiger partial charge in [0.15, 0.2) is 0 Å². The molecule has 2 heterocycles. The zero-order chi connectivity index (χ0) is 9.26. The van der Waals surface area contributed by atoms with E-state index in [1.807, 2.05) is 6.07 Å². The summed E-state index contributed by atoms with van der Waals surface area (Å²) >= 11 is 7.55. The van der Waals surface area contributed by atoms with Crippen LogP contribution in [0.25, 0.3) is 0 Å². The summed E-state index contributed by atoms with van der Waals surface area (Å²) in [7, 11) is 0. The Hall–Kier alpha value is -0.250. The minimum atomic E-state index is 0.578. The van der Waals surface area contributed by atoms with Gasteiger partial charge in [0.2, 0.25) is 0 Å². The number of thiophene rings is 1. The topological polar surface area (TPSA) is 15.3 Å². The minimum absolute atomic E-state index is 0.578. The highest BCUT2D eigenvalue weighted by atomic mass is 35.5. The fraction of sp³-hybridized carbons (Fsp3) is 0.556. The molecule has 4 heteroatoms. The van der Waals surface area contributed by atoms with Crippen LogP contribution in [0, 0.1) is 0 Å². The van der Waals surface area contributed by atoms with Crippen LogP contribution in [0.1, 0.15) is 6.92 Å². The maximum atomic E-state index is 5.89. The van der Waals surface area contributed by atoms with Crippen LogP contribution in [0.15, 0.2) is 12.1 Å². The first-order chi connectivity index (χ1) is 6.25. The second-order valence-corrected chi connectivity index (χ2v) is 5.07. The Kier molecular flexibility index (Phi) is 2.77. The largest absolute Gasteiger partial charge is 0.361 e. The Balaban J connectivity index is 2.08. The van der Waals surface area contributed by atoms with Crippen LogP contribution in [0.5, 0.6) is 0 Å². The van der Waals surface area contributed by atoms with E-state index in [0.717, 1.165) is 24.0 Å². The van der Waals surface area contributed by atoms with Crippen molar-refractivity contribution < 1.29 is 0 Å². The Morgan fingerprint density at radius 2 is 2.46 bits per heavy atom. The van der Waals surface area contributed by atoms with Crippen LogP contribution < -0.4 is 10.2 Å². The molecule has 0 aromatic carbocycles. The van der Waals surface area contributed by atoms with E-state index in [2.05, 4.69) is 23.2 Å². The molecule has 1 saturated heterocycles. The molecule has 1 aromatic heterocycles. The summed E-state index contributed by atoms with van der Waals surface area (Å²) in [6.45, 7) is 5.44.